The predicted octanol–water partition coefficient (Wildman–Crippen LogP) is -1.70. The zero-order valence-corrected chi connectivity index (χ0v) is 9.96. The maximum absolute atomic E-state index is 11.9. The van der Waals surface area contributed by atoms with Gasteiger partial charge in [-0.2, -0.15) is 0 Å². The Morgan fingerprint density at radius 3 is 2.71 bits per heavy atom. The lowest BCUT2D eigenvalue weighted by Gasteiger charge is -2.17. The van der Waals surface area contributed by atoms with E-state index in [0.717, 1.165) is 15.7 Å². The van der Waals surface area contributed by atoms with Crippen molar-refractivity contribution < 1.29 is 5.11 Å². The van der Waals surface area contributed by atoms with Crippen molar-refractivity contribution in [3.05, 3.63) is 20.8 Å². The Kier molecular flexibility index (Phi) is 3.01. The van der Waals surface area contributed by atoms with Crippen molar-refractivity contribution in [1.82, 2.24) is 14.3 Å². The first-order valence-corrected chi connectivity index (χ1v) is 5.54. The summed E-state index contributed by atoms with van der Waals surface area (Å²) in [6, 6.07) is 0. The van der Waals surface area contributed by atoms with Crippen LogP contribution in [0, 0.1) is 5.92 Å². The molecular weight excluding hydrogens is 224 g/mol. The van der Waals surface area contributed by atoms with Crippen LogP contribution in [0.15, 0.2) is 9.59 Å². The minimum atomic E-state index is -0.434. The summed E-state index contributed by atoms with van der Waals surface area (Å²) in [7, 11) is 2.96. The van der Waals surface area contributed by atoms with Crippen LogP contribution in [-0.2, 0) is 14.1 Å². The zero-order valence-electron chi connectivity index (χ0n) is 9.96. The van der Waals surface area contributed by atoms with Crippen LogP contribution in [0.1, 0.15) is 6.42 Å². The molecule has 0 amide bonds. The quantitative estimate of drug-likeness (QED) is 0.666. The number of aliphatic hydroxyl groups is 1. The van der Waals surface area contributed by atoms with Crippen molar-refractivity contribution in [3.63, 3.8) is 0 Å². The van der Waals surface area contributed by atoms with Gasteiger partial charge in [-0.15, -0.1) is 5.10 Å². The van der Waals surface area contributed by atoms with Gasteiger partial charge in [0.25, 0.3) is 5.56 Å². The fraction of sp³-hybridized carbons (Fsp3) is 0.700. The van der Waals surface area contributed by atoms with Crippen LogP contribution in [0.3, 0.4) is 0 Å². The molecule has 2 rings (SSSR count). The van der Waals surface area contributed by atoms with Crippen LogP contribution < -0.4 is 16.1 Å². The molecule has 1 atom stereocenters. The Balaban J connectivity index is 2.41. The Morgan fingerprint density at radius 2 is 2.12 bits per heavy atom. The van der Waals surface area contributed by atoms with Gasteiger partial charge in [0, 0.05) is 39.7 Å². The highest BCUT2D eigenvalue weighted by atomic mass is 16.3. The van der Waals surface area contributed by atoms with Crippen molar-refractivity contribution in [2.75, 3.05) is 24.6 Å². The van der Waals surface area contributed by atoms with Crippen molar-refractivity contribution >= 4 is 5.82 Å². The van der Waals surface area contributed by atoms with E-state index in [4.69, 9.17) is 5.11 Å². The molecule has 0 spiro atoms. The number of aryl methyl sites for hydroxylation is 1. The van der Waals surface area contributed by atoms with Crippen LogP contribution in [-0.4, -0.2) is 39.2 Å². The summed E-state index contributed by atoms with van der Waals surface area (Å²) in [5, 5.41) is 13.1. The molecule has 1 aliphatic heterocycles. The third-order valence-electron chi connectivity index (χ3n) is 3.15. The lowest BCUT2D eigenvalue weighted by molar-refractivity contribution is 0.238. The number of aliphatic hydroxyl groups excluding tert-OH is 1. The van der Waals surface area contributed by atoms with Crippen molar-refractivity contribution in [2.45, 2.75) is 6.42 Å². The Morgan fingerprint density at radius 1 is 1.41 bits per heavy atom. The van der Waals surface area contributed by atoms with E-state index in [9.17, 15) is 9.59 Å². The highest BCUT2D eigenvalue weighted by molar-refractivity contribution is 5.36. The van der Waals surface area contributed by atoms with E-state index in [1.54, 1.807) is 0 Å². The summed E-state index contributed by atoms with van der Waals surface area (Å²) in [6.07, 6.45) is 0.837. The molecule has 0 radical (unpaired) electrons. The van der Waals surface area contributed by atoms with Gasteiger partial charge in [0.2, 0.25) is 5.82 Å². The summed E-state index contributed by atoms with van der Waals surface area (Å²) in [5.41, 5.74) is -0.816. The second-order valence-electron chi connectivity index (χ2n) is 4.38. The second-order valence-corrected chi connectivity index (χ2v) is 4.38. The van der Waals surface area contributed by atoms with E-state index in [-0.39, 0.29) is 23.9 Å². The third kappa shape index (κ3) is 1.97. The maximum Gasteiger partial charge on any atom is 0.346 e. The molecule has 1 fully saturated rings. The fourth-order valence-corrected chi connectivity index (χ4v) is 2.05. The molecule has 1 N–H and O–H groups in total. The van der Waals surface area contributed by atoms with Crippen molar-refractivity contribution in [1.29, 1.82) is 0 Å². The molecule has 94 valence electrons. The number of anilines is 1. The van der Waals surface area contributed by atoms with Crippen LogP contribution >= 0.6 is 0 Å². The first kappa shape index (κ1) is 11.8. The first-order valence-electron chi connectivity index (χ1n) is 5.54. The topological polar surface area (TPSA) is 80.4 Å². The number of hydrogen-bond acceptors (Lipinski definition) is 5. The number of aromatic nitrogens is 3. The SMILES string of the molecule is Cn1nc(N2CCC(CO)C2)c(=O)n(C)c1=O. The molecular formula is C10H16N4O3. The Bertz CT molecular complexity index is 533. The maximum atomic E-state index is 11.9. The molecule has 0 bridgehead atoms. The zero-order chi connectivity index (χ0) is 12.6. The molecule has 2 heterocycles. The Labute approximate surface area is 97.9 Å². The number of nitrogens with zero attached hydrogens (tertiary/aromatic N) is 4. The molecule has 0 aliphatic carbocycles. The van der Waals surface area contributed by atoms with E-state index in [1.807, 2.05) is 4.90 Å². The van der Waals surface area contributed by atoms with Gasteiger partial charge in [0.05, 0.1) is 0 Å². The molecule has 1 saturated heterocycles. The average molecular weight is 240 g/mol. The highest BCUT2D eigenvalue weighted by Gasteiger charge is 2.25. The summed E-state index contributed by atoms with van der Waals surface area (Å²) in [6.45, 7) is 1.41. The predicted molar refractivity (Wildman–Crippen MR) is 62.1 cm³/mol. The smallest absolute Gasteiger partial charge is 0.346 e. The lowest BCUT2D eigenvalue weighted by Crippen LogP contribution is -2.42. The van der Waals surface area contributed by atoms with E-state index in [0.29, 0.717) is 13.1 Å². The standard InChI is InChI=1S/C10H16N4O3/c1-12-9(16)8(11-13(2)10(12)17)14-4-3-7(5-14)6-15/h7,15H,3-6H2,1-2H3. The normalized spacial score (nSPS) is 19.9. The summed E-state index contributed by atoms with van der Waals surface area (Å²) in [4.78, 5) is 25.2. The minimum absolute atomic E-state index is 0.114. The summed E-state index contributed by atoms with van der Waals surface area (Å²) < 4.78 is 2.21. The van der Waals surface area contributed by atoms with Crippen molar-refractivity contribution in [2.24, 2.45) is 20.0 Å². The molecule has 7 nitrogen and oxygen atoms in total. The van der Waals surface area contributed by atoms with Gasteiger partial charge in [-0.3, -0.25) is 9.36 Å². The third-order valence-corrected chi connectivity index (χ3v) is 3.15. The van der Waals surface area contributed by atoms with Crippen LogP contribution in [0.5, 0.6) is 0 Å². The van der Waals surface area contributed by atoms with E-state index in [2.05, 4.69) is 5.10 Å². The lowest BCUT2D eigenvalue weighted by atomic mass is 10.1. The second kappa shape index (κ2) is 4.33. The van der Waals surface area contributed by atoms with E-state index >= 15 is 0 Å². The van der Waals surface area contributed by atoms with Gasteiger partial charge in [-0.1, -0.05) is 0 Å². The molecule has 17 heavy (non-hydrogen) atoms. The van der Waals surface area contributed by atoms with Crippen LogP contribution in [0.4, 0.5) is 5.82 Å². The minimum Gasteiger partial charge on any atom is -0.396 e. The molecule has 0 saturated carbocycles. The van der Waals surface area contributed by atoms with Gasteiger partial charge in [-0.05, 0) is 6.42 Å². The Hall–Kier alpha value is -1.63. The van der Waals surface area contributed by atoms with Gasteiger partial charge >= 0.3 is 5.69 Å². The number of rotatable bonds is 2. The summed E-state index contributed by atoms with van der Waals surface area (Å²) >= 11 is 0. The monoisotopic (exact) mass is 240 g/mol. The van der Waals surface area contributed by atoms with Gasteiger partial charge in [0.15, 0.2) is 0 Å². The van der Waals surface area contributed by atoms with Gasteiger partial charge in [0.1, 0.15) is 0 Å². The summed E-state index contributed by atoms with van der Waals surface area (Å²) in [5.74, 6) is 0.462. The van der Waals surface area contributed by atoms with E-state index < -0.39 is 5.69 Å². The molecule has 1 aliphatic rings. The fourth-order valence-electron chi connectivity index (χ4n) is 2.05. The molecule has 1 aromatic rings. The van der Waals surface area contributed by atoms with Crippen molar-refractivity contribution in [3.8, 4) is 0 Å². The van der Waals surface area contributed by atoms with Gasteiger partial charge < -0.3 is 10.0 Å². The highest BCUT2D eigenvalue weighted by Crippen LogP contribution is 2.18. The molecule has 7 heteroatoms. The number of hydrogen-bond donors (Lipinski definition) is 1. The van der Waals surface area contributed by atoms with Gasteiger partial charge in [-0.25, -0.2) is 9.48 Å². The average Bonchev–Trinajstić information content (AvgIpc) is 2.79. The van der Waals surface area contributed by atoms with Crippen LogP contribution in [0.2, 0.25) is 0 Å². The largest absolute Gasteiger partial charge is 0.396 e. The van der Waals surface area contributed by atoms with Crippen LogP contribution in [0.25, 0.3) is 0 Å². The molecule has 1 unspecified atom stereocenters. The van der Waals surface area contributed by atoms with E-state index in [1.165, 1.54) is 14.1 Å². The first-order chi connectivity index (χ1) is 8.04. The molecule has 0 aromatic carbocycles. The molecule has 1 aromatic heterocycles.